The summed E-state index contributed by atoms with van der Waals surface area (Å²) in [6.07, 6.45) is 1.67. The van der Waals surface area contributed by atoms with Gasteiger partial charge in [0.1, 0.15) is 16.7 Å². The van der Waals surface area contributed by atoms with Crippen LogP contribution in [0.15, 0.2) is 60.8 Å². The topological polar surface area (TPSA) is 47.5 Å². The number of methoxy groups -OCH3 is 2. The summed E-state index contributed by atoms with van der Waals surface area (Å²) in [6.45, 7) is 1.30. The first-order valence-electron chi connectivity index (χ1n) is 8.17. The van der Waals surface area contributed by atoms with Gasteiger partial charge in [-0.3, -0.25) is 0 Å². The van der Waals surface area contributed by atoms with Crippen LogP contribution in [-0.2, 0) is 13.1 Å². The van der Waals surface area contributed by atoms with Gasteiger partial charge < -0.3 is 14.4 Å². The van der Waals surface area contributed by atoms with Gasteiger partial charge in [-0.25, -0.2) is 9.97 Å². The maximum Gasteiger partial charge on any atom is 0.227 e. The third-order valence-corrected chi connectivity index (χ3v) is 4.17. The van der Waals surface area contributed by atoms with Gasteiger partial charge in [0.2, 0.25) is 5.95 Å². The molecular formula is C20H20ClN3O2. The van der Waals surface area contributed by atoms with Gasteiger partial charge in [-0.05, 0) is 41.5 Å². The minimum Gasteiger partial charge on any atom is -0.497 e. The zero-order chi connectivity index (χ0) is 18.4. The lowest BCUT2D eigenvalue weighted by molar-refractivity contribution is 0.414. The van der Waals surface area contributed by atoms with E-state index in [0.29, 0.717) is 24.2 Å². The Morgan fingerprint density at radius 3 is 1.73 bits per heavy atom. The number of hydrogen-bond donors (Lipinski definition) is 0. The average Bonchev–Trinajstić information content (AvgIpc) is 2.68. The highest BCUT2D eigenvalue weighted by atomic mass is 35.5. The fourth-order valence-electron chi connectivity index (χ4n) is 2.58. The third kappa shape index (κ3) is 4.64. The van der Waals surface area contributed by atoms with Crippen LogP contribution >= 0.6 is 11.6 Å². The summed E-state index contributed by atoms with van der Waals surface area (Å²) in [4.78, 5) is 10.8. The van der Waals surface area contributed by atoms with Gasteiger partial charge in [0.05, 0.1) is 14.2 Å². The second-order valence-corrected chi connectivity index (χ2v) is 6.12. The van der Waals surface area contributed by atoms with Crippen molar-refractivity contribution in [3.8, 4) is 11.5 Å². The van der Waals surface area contributed by atoms with Gasteiger partial charge >= 0.3 is 0 Å². The number of hydrogen-bond acceptors (Lipinski definition) is 5. The Morgan fingerprint density at radius 2 is 1.31 bits per heavy atom. The predicted octanol–water partition coefficient (Wildman–Crippen LogP) is 4.35. The summed E-state index contributed by atoms with van der Waals surface area (Å²) in [5, 5.41) is 0.421. The lowest BCUT2D eigenvalue weighted by Gasteiger charge is -2.23. The number of nitrogens with zero attached hydrogens (tertiary/aromatic N) is 3. The summed E-state index contributed by atoms with van der Waals surface area (Å²) in [5.41, 5.74) is 2.26. The van der Waals surface area contributed by atoms with Crippen LogP contribution in [0, 0.1) is 0 Å². The summed E-state index contributed by atoms with van der Waals surface area (Å²) in [7, 11) is 3.32. The van der Waals surface area contributed by atoms with Crippen molar-refractivity contribution in [1.29, 1.82) is 0 Å². The van der Waals surface area contributed by atoms with Gasteiger partial charge in [-0.2, -0.15) is 0 Å². The van der Waals surface area contributed by atoms with Crippen molar-refractivity contribution in [3.05, 3.63) is 77.1 Å². The Kier molecular flexibility index (Phi) is 5.92. The molecule has 6 heteroatoms. The molecule has 0 aliphatic heterocycles. The normalized spacial score (nSPS) is 10.4. The highest BCUT2D eigenvalue weighted by Gasteiger charge is 2.12. The first kappa shape index (κ1) is 18.0. The lowest BCUT2D eigenvalue weighted by Crippen LogP contribution is -2.24. The molecule has 0 radical (unpaired) electrons. The minimum atomic E-state index is 0.421. The monoisotopic (exact) mass is 369 g/mol. The predicted molar refractivity (Wildman–Crippen MR) is 103 cm³/mol. The van der Waals surface area contributed by atoms with Crippen LogP contribution in [0.4, 0.5) is 5.95 Å². The Bertz CT molecular complexity index is 789. The Morgan fingerprint density at radius 1 is 0.808 bits per heavy atom. The molecule has 0 aliphatic carbocycles. The van der Waals surface area contributed by atoms with E-state index in [2.05, 4.69) is 14.9 Å². The fourth-order valence-corrected chi connectivity index (χ4v) is 2.71. The molecule has 1 aromatic heterocycles. The molecule has 0 unspecified atom stereocenters. The molecule has 0 atom stereocenters. The molecule has 0 saturated heterocycles. The van der Waals surface area contributed by atoms with Gasteiger partial charge in [0.25, 0.3) is 0 Å². The molecular weight excluding hydrogens is 350 g/mol. The smallest absolute Gasteiger partial charge is 0.227 e. The largest absolute Gasteiger partial charge is 0.497 e. The van der Waals surface area contributed by atoms with Crippen LogP contribution in [0.2, 0.25) is 5.15 Å². The molecule has 1 heterocycles. The summed E-state index contributed by atoms with van der Waals surface area (Å²) in [5.74, 6) is 2.24. The number of aromatic nitrogens is 2. The SMILES string of the molecule is COc1ccc(CN(Cc2ccc(OC)cc2)c2nccc(Cl)n2)cc1. The Balaban J connectivity index is 1.84. The van der Waals surface area contributed by atoms with E-state index in [1.54, 1.807) is 26.5 Å². The highest BCUT2D eigenvalue weighted by molar-refractivity contribution is 6.29. The van der Waals surface area contributed by atoms with Gasteiger partial charge in [-0.15, -0.1) is 0 Å². The van der Waals surface area contributed by atoms with Crippen LogP contribution in [0.25, 0.3) is 0 Å². The quantitative estimate of drug-likeness (QED) is 0.579. The average molecular weight is 370 g/mol. The van der Waals surface area contributed by atoms with Gasteiger partial charge in [0, 0.05) is 19.3 Å². The van der Waals surface area contributed by atoms with Crippen molar-refractivity contribution in [3.63, 3.8) is 0 Å². The molecule has 0 saturated carbocycles. The maximum absolute atomic E-state index is 6.06. The van der Waals surface area contributed by atoms with Crippen molar-refractivity contribution < 1.29 is 9.47 Å². The molecule has 0 spiro atoms. The number of rotatable bonds is 7. The molecule has 0 aliphatic rings. The Labute approximate surface area is 158 Å². The van der Waals surface area contributed by atoms with Crippen LogP contribution in [0.3, 0.4) is 0 Å². The maximum atomic E-state index is 6.06. The van der Waals surface area contributed by atoms with Crippen LogP contribution < -0.4 is 14.4 Å². The zero-order valence-electron chi connectivity index (χ0n) is 14.7. The molecule has 0 N–H and O–H groups in total. The van der Waals surface area contributed by atoms with E-state index in [-0.39, 0.29) is 0 Å². The van der Waals surface area contributed by atoms with Crippen molar-refractivity contribution in [1.82, 2.24) is 9.97 Å². The minimum absolute atomic E-state index is 0.421. The van der Waals surface area contributed by atoms with E-state index in [9.17, 15) is 0 Å². The van der Waals surface area contributed by atoms with Gasteiger partial charge in [-0.1, -0.05) is 35.9 Å². The Hall–Kier alpha value is -2.79. The van der Waals surface area contributed by atoms with Crippen molar-refractivity contribution >= 4 is 17.5 Å². The summed E-state index contributed by atoms with van der Waals surface area (Å²) < 4.78 is 10.4. The van der Waals surface area contributed by atoms with Crippen molar-refractivity contribution in [2.75, 3.05) is 19.1 Å². The van der Waals surface area contributed by atoms with E-state index in [1.807, 2.05) is 48.5 Å². The first-order chi connectivity index (χ1) is 12.7. The molecule has 0 fully saturated rings. The molecule has 3 rings (SSSR count). The molecule has 0 amide bonds. The van der Waals surface area contributed by atoms with Crippen LogP contribution in [0.1, 0.15) is 11.1 Å². The van der Waals surface area contributed by atoms with E-state index in [0.717, 1.165) is 22.6 Å². The lowest BCUT2D eigenvalue weighted by atomic mass is 10.1. The molecule has 3 aromatic rings. The number of halogens is 1. The first-order valence-corrected chi connectivity index (χ1v) is 8.55. The summed E-state index contributed by atoms with van der Waals surface area (Å²) in [6, 6.07) is 17.6. The van der Waals surface area contributed by atoms with E-state index in [4.69, 9.17) is 21.1 Å². The number of anilines is 1. The van der Waals surface area contributed by atoms with E-state index in [1.165, 1.54) is 0 Å². The van der Waals surface area contributed by atoms with Crippen LogP contribution in [-0.4, -0.2) is 24.2 Å². The van der Waals surface area contributed by atoms with Crippen molar-refractivity contribution in [2.24, 2.45) is 0 Å². The molecule has 0 bridgehead atoms. The molecule has 26 heavy (non-hydrogen) atoms. The van der Waals surface area contributed by atoms with Crippen molar-refractivity contribution in [2.45, 2.75) is 13.1 Å². The van der Waals surface area contributed by atoms with E-state index < -0.39 is 0 Å². The fraction of sp³-hybridized carbons (Fsp3) is 0.200. The second-order valence-electron chi connectivity index (χ2n) is 5.73. The zero-order valence-corrected chi connectivity index (χ0v) is 15.5. The standard InChI is InChI=1S/C20H20ClN3O2/c1-25-17-7-3-15(4-8-17)13-24(20-22-12-11-19(21)23-20)14-16-5-9-18(26-2)10-6-16/h3-12H,13-14H2,1-2H3. The third-order valence-electron chi connectivity index (χ3n) is 3.96. The van der Waals surface area contributed by atoms with Gasteiger partial charge in [0.15, 0.2) is 0 Å². The molecule has 5 nitrogen and oxygen atoms in total. The highest BCUT2D eigenvalue weighted by Crippen LogP contribution is 2.20. The number of ether oxygens (including phenoxy) is 2. The molecule has 2 aromatic carbocycles. The van der Waals surface area contributed by atoms with Crippen LogP contribution in [0.5, 0.6) is 11.5 Å². The van der Waals surface area contributed by atoms with E-state index >= 15 is 0 Å². The molecule has 134 valence electrons. The number of benzene rings is 2. The second kappa shape index (κ2) is 8.54. The summed E-state index contributed by atoms with van der Waals surface area (Å²) >= 11 is 6.06.